The van der Waals surface area contributed by atoms with Crippen molar-refractivity contribution in [3.63, 3.8) is 0 Å². The van der Waals surface area contributed by atoms with E-state index in [0.29, 0.717) is 0 Å². The van der Waals surface area contributed by atoms with Crippen LogP contribution in [0.3, 0.4) is 0 Å². The minimum atomic E-state index is 0. The summed E-state index contributed by atoms with van der Waals surface area (Å²) in [5.74, 6) is 0. The van der Waals surface area contributed by atoms with E-state index in [1.54, 1.807) is 15.9 Å². The van der Waals surface area contributed by atoms with Gasteiger partial charge in [-0.05, 0) is 0 Å². The van der Waals surface area contributed by atoms with E-state index in [0.717, 1.165) is 0 Å². The summed E-state index contributed by atoms with van der Waals surface area (Å²) in [6, 6.07) is 0. The van der Waals surface area contributed by atoms with Crippen LogP contribution in [0.15, 0.2) is 0 Å². The molecule has 0 aliphatic rings. The van der Waals surface area contributed by atoms with Crippen molar-refractivity contribution in [1.82, 2.24) is 0 Å². The molecule has 5 heteroatoms. The molecule has 0 atom stereocenters. The molecule has 0 aliphatic heterocycles. The third-order valence-corrected chi connectivity index (χ3v) is 0. The van der Waals surface area contributed by atoms with Gasteiger partial charge in [0.25, 0.3) is 0 Å². The van der Waals surface area contributed by atoms with Gasteiger partial charge in [0.15, 0.2) is 0 Å². The monoisotopic (exact) mass is 316 g/mol. The van der Waals surface area contributed by atoms with Gasteiger partial charge >= 0.3 is 52.8 Å². The molecule has 26 valence electrons. The van der Waals surface area contributed by atoms with Gasteiger partial charge in [0.2, 0.25) is 0 Å². The van der Waals surface area contributed by atoms with Crippen LogP contribution in [0.5, 0.6) is 0 Å². The Morgan fingerprint density at radius 1 is 1.20 bits per heavy atom. The molecule has 0 saturated carbocycles. The SMILES string of the molecule is [Ce].[O]=[Mn].[O]=[Y]. The van der Waals surface area contributed by atoms with Crippen molar-refractivity contribution in [3.8, 4) is 0 Å². The number of hydrogen-bond donors (Lipinski definition) is 0. The normalized spacial score (nSPS) is 2.00. The third kappa shape index (κ3) is 20.7. The first kappa shape index (κ1) is 15.6. The molecule has 0 heterocycles. The Balaban J connectivity index is -0.0000000133. The van der Waals surface area contributed by atoms with Crippen LogP contribution in [0.4, 0.5) is 0 Å². The van der Waals surface area contributed by atoms with E-state index in [4.69, 9.17) is 5.88 Å². The van der Waals surface area contributed by atoms with Crippen molar-refractivity contribution in [1.29, 1.82) is 0 Å². The van der Waals surface area contributed by atoms with E-state index >= 15 is 0 Å². The molecular weight excluding hydrogens is 316 g/mol. The fourth-order valence-electron chi connectivity index (χ4n) is 0. The van der Waals surface area contributed by atoms with E-state index < -0.39 is 0 Å². The summed E-state index contributed by atoms with van der Waals surface area (Å²) in [5.41, 5.74) is 0. The maximum absolute atomic E-state index is 8.38. The molecule has 5 heavy (non-hydrogen) atoms. The van der Waals surface area contributed by atoms with Crippen molar-refractivity contribution in [3.05, 3.63) is 0 Å². The van der Waals surface area contributed by atoms with Gasteiger partial charge in [-0.3, -0.25) is 0 Å². The van der Waals surface area contributed by atoms with Gasteiger partial charge in [0, 0.05) is 41.7 Å². The first-order valence-electron chi connectivity index (χ1n) is 0.390. The second-order valence-electron chi connectivity index (χ2n) is 0. The van der Waals surface area contributed by atoms with Crippen molar-refractivity contribution in [2.75, 3.05) is 0 Å². The second-order valence-corrected chi connectivity index (χ2v) is 0. The van der Waals surface area contributed by atoms with Gasteiger partial charge in [0.1, 0.15) is 0 Å². The maximum atomic E-state index is 8.38. The van der Waals surface area contributed by atoms with Crippen LogP contribution in [0.25, 0.3) is 0 Å². The molecule has 0 unspecified atom stereocenters. The molecule has 0 saturated heterocycles. The van der Waals surface area contributed by atoms with Gasteiger partial charge < -0.3 is 0 Å². The Hall–Kier alpha value is 2.60. The average molecular weight is 316 g/mol. The Morgan fingerprint density at radius 3 is 1.20 bits per heavy atom. The standard InChI is InChI=1S/Ce.Mn.2O.Y. The Kier molecular flexibility index (Phi) is 95.8. The summed E-state index contributed by atoms with van der Waals surface area (Å²) in [5, 5.41) is 0. The zero-order chi connectivity index (χ0) is 4.00. The molecule has 0 aliphatic carbocycles. The molecule has 0 bridgehead atoms. The summed E-state index contributed by atoms with van der Waals surface area (Å²) in [4.78, 5) is 0. The summed E-state index contributed by atoms with van der Waals surface area (Å²) >= 11 is 1.79. The summed E-state index contributed by atoms with van der Waals surface area (Å²) in [7, 11) is 0. The molecule has 0 aromatic carbocycles. The van der Waals surface area contributed by atoms with E-state index in [2.05, 4.69) is 0 Å². The zero-order valence-electron chi connectivity index (χ0n) is 2.27. The number of hydrogen-bond acceptors (Lipinski definition) is 2. The third-order valence-electron chi connectivity index (χ3n) is 0. The van der Waals surface area contributed by atoms with Crippen LogP contribution in [0.2, 0.25) is 0 Å². The van der Waals surface area contributed by atoms with Crippen LogP contribution in [0.1, 0.15) is 0 Å². The van der Waals surface area contributed by atoms with E-state index in [1.807, 2.05) is 0 Å². The summed E-state index contributed by atoms with van der Waals surface area (Å²) < 4.78 is 16.4. The van der Waals surface area contributed by atoms with Crippen molar-refractivity contribution in [2.24, 2.45) is 0 Å². The quantitative estimate of drug-likeness (QED) is 0.578. The second kappa shape index (κ2) is 30.6. The van der Waals surface area contributed by atoms with Crippen LogP contribution in [-0.2, 0) is 52.8 Å². The molecule has 0 N–H and O–H groups in total. The topological polar surface area (TPSA) is 34.1 Å². The molecule has 2 nitrogen and oxygen atoms in total. The van der Waals surface area contributed by atoms with Gasteiger partial charge in [-0.15, -0.1) is 0 Å². The predicted molar refractivity (Wildman–Crippen MR) is 1.37 cm³/mol. The molecule has 0 fully saturated rings. The molecule has 0 rings (SSSR count). The predicted octanol–water partition coefficient (Wildman–Crippen LogP) is -0.243. The average Bonchev–Trinajstić information content (AvgIpc) is 1.50. The van der Waals surface area contributed by atoms with Crippen molar-refractivity contribution >= 4 is 0 Å². The molecule has 0 amide bonds. The first-order valence-corrected chi connectivity index (χ1v) is 2.03. The number of rotatable bonds is 0. The molecule has 0 radical (unpaired) electrons. The Labute approximate surface area is 92.3 Å². The van der Waals surface area contributed by atoms with Gasteiger partial charge in [-0.2, -0.15) is 0 Å². The fraction of sp³-hybridized carbons (Fsp3) is 0. The van der Waals surface area contributed by atoms with Gasteiger partial charge in [0.05, 0.1) is 0 Å². The van der Waals surface area contributed by atoms with E-state index in [-0.39, 0.29) is 72.8 Å². The van der Waals surface area contributed by atoms with Crippen LogP contribution in [-0.4, -0.2) is 0 Å². The minimum absolute atomic E-state index is 0. The zero-order valence-corrected chi connectivity index (χ0v) is 9.43. The van der Waals surface area contributed by atoms with E-state index in [9.17, 15) is 0 Å². The van der Waals surface area contributed by atoms with E-state index in [1.165, 1.54) is 0 Å². The first-order chi connectivity index (χ1) is 2.00. The Bertz CT molecular complexity index is 11.6. The molecule has 0 spiro atoms. The van der Waals surface area contributed by atoms with Gasteiger partial charge in [-0.25, -0.2) is 0 Å². The summed E-state index contributed by atoms with van der Waals surface area (Å²) in [6.07, 6.45) is 0. The molecular formula is CeMnO2Y. The fourth-order valence-corrected chi connectivity index (χ4v) is 0. The van der Waals surface area contributed by atoms with Crippen LogP contribution >= 0.6 is 0 Å². The van der Waals surface area contributed by atoms with Gasteiger partial charge in [-0.1, -0.05) is 0 Å². The van der Waals surface area contributed by atoms with Crippen LogP contribution < -0.4 is 0 Å². The van der Waals surface area contributed by atoms with Crippen molar-refractivity contribution < 1.29 is 94.6 Å². The van der Waals surface area contributed by atoms with Crippen molar-refractivity contribution in [2.45, 2.75) is 0 Å². The Morgan fingerprint density at radius 2 is 1.20 bits per heavy atom. The van der Waals surface area contributed by atoms with Crippen LogP contribution in [0, 0.1) is 41.7 Å². The molecule has 0 aromatic rings. The molecule has 0 aromatic heterocycles. The summed E-state index contributed by atoms with van der Waals surface area (Å²) in [6.45, 7) is 0.